The highest BCUT2D eigenvalue weighted by molar-refractivity contribution is 6.04. The van der Waals surface area contributed by atoms with Gasteiger partial charge in [0, 0.05) is 38.3 Å². The molecule has 5 heteroatoms. The van der Waals surface area contributed by atoms with Crippen molar-refractivity contribution in [2.24, 2.45) is 0 Å². The van der Waals surface area contributed by atoms with Gasteiger partial charge in [-0.2, -0.15) is 0 Å². The summed E-state index contributed by atoms with van der Waals surface area (Å²) in [6, 6.07) is 18.9. The van der Waals surface area contributed by atoms with Gasteiger partial charge in [0.25, 0.3) is 5.91 Å². The fourth-order valence-electron chi connectivity index (χ4n) is 2.94. The Bertz CT molecular complexity index is 695. The maximum absolute atomic E-state index is 12.2. The van der Waals surface area contributed by atoms with Gasteiger partial charge in [-0.15, -0.1) is 0 Å². The highest BCUT2D eigenvalue weighted by Gasteiger charge is 2.22. The van der Waals surface area contributed by atoms with Gasteiger partial charge in [-0.1, -0.05) is 48.5 Å². The molecule has 1 aliphatic heterocycles. The van der Waals surface area contributed by atoms with Gasteiger partial charge in [0.2, 0.25) is 0 Å². The standard InChI is InChI=1S/C20H23N3O2/c24-19(18-9-5-2-6-10-18)21-20(25)23-15-13-22(14-16-23)12-11-17-7-3-1-4-8-17/h1-10H,11-16H2,(H,21,24,25). The number of urea groups is 1. The van der Waals surface area contributed by atoms with E-state index < -0.39 is 0 Å². The first-order valence-electron chi connectivity index (χ1n) is 8.64. The van der Waals surface area contributed by atoms with Crippen molar-refractivity contribution in [1.29, 1.82) is 0 Å². The molecule has 25 heavy (non-hydrogen) atoms. The number of carbonyl (C=O) groups is 2. The largest absolute Gasteiger partial charge is 0.324 e. The van der Waals surface area contributed by atoms with Crippen LogP contribution in [0.4, 0.5) is 4.79 Å². The lowest BCUT2D eigenvalue weighted by Crippen LogP contribution is -2.53. The van der Waals surface area contributed by atoms with Gasteiger partial charge >= 0.3 is 6.03 Å². The normalized spacial score (nSPS) is 15.0. The highest BCUT2D eigenvalue weighted by atomic mass is 16.2. The van der Waals surface area contributed by atoms with Crippen LogP contribution in [0.3, 0.4) is 0 Å². The Hall–Kier alpha value is -2.66. The molecule has 1 heterocycles. The molecule has 130 valence electrons. The number of hydrogen-bond donors (Lipinski definition) is 1. The molecule has 1 fully saturated rings. The minimum Gasteiger partial charge on any atom is -0.322 e. The van der Waals surface area contributed by atoms with Gasteiger partial charge < -0.3 is 4.90 Å². The summed E-state index contributed by atoms with van der Waals surface area (Å²) in [5.74, 6) is -0.350. The summed E-state index contributed by atoms with van der Waals surface area (Å²) in [6.45, 7) is 3.94. The number of benzene rings is 2. The third kappa shape index (κ3) is 4.90. The van der Waals surface area contributed by atoms with E-state index in [4.69, 9.17) is 0 Å². The topological polar surface area (TPSA) is 52.7 Å². The van der Waals surface area contributed by atoms with Crippen LogP contribution in [0, 0.1) is 0 Å². The molecule has 1 saturated heterocycles. The number of nitrogens with one attached hydrogen (secondary N) is 1. The molecule has 3 amide bonds. The average Bonchev–Trinajstić information content (AvgIpc) is 2.68. The first-order chi connectivity index (χ1) is 12.2. The second-order valence-corrected chi connectivity index (χ2v) is 6.19. The second-order valence-electron chi connectivity index (χ2n) is 6.19. The zero-order valence-corrected chi connectivity index (χ0v) is 14.2. The molecule has 0 spiro atoms. The molecule has 3 rings (SSSR count). The van der Waals surface area contributed by atoms with Crippen LogP contribution in [0.1, 0.15) is 15.9 Å². The third-order valence-electron chi connectivity index (χ3n) is 4.48. The predicted octanol–water partition coefficient (Wildman–Crippen LogP) is 2.40. The van der Waals surface area contributed by atoms with Crippen LogP contribution in [-0.4, -0.2) is 54.5 Å². The van der Waals surface area contributed by atoms with Gasteiger partial charge in [0.1, 0.15) is 0 Å². The van der Waals surface area contributed by atoms with Crippen LogP contribution in [0.15, 0.2) is 60.7 Å². The molecule has 2 aromatic carbocycles. The van der Waals surface area contributed by atoms with E-state index in [9.17, 15) is 9.59 Å². The van der Waals surface area contributed by atoms with E-state index in [-0.39, 0.29) is 11.9 Å². The minimum absolute atomic E-state index is 0.309. The zero-order chi connectivity index (χ0) is 17.5. The van der Waals surface area contributed by atoms with Gasteiger partial charge in [-0.3, -0.25) is 15.0 Å². The van der Waals surface area contributed by atoms with E-state index in [0.717, 1.165) is 26.1 Å². The molecular weight excluding hydrogens is 314 g/mol. The molecule has 0 aliphatic carbocycles. The van der Waals surface area contributed by atoms with Crippen molar-refractivity contribution in [3.05, 3.63) is 71.8 Å². The summed E-state index contributed by atoms with van der Waals surface area (Å²) in [5.41, 5.74) is 1.83. The van der Waals surface area contributed by atoms with E-state index in [1.54, 1.807) is 29.2 Å². The number of imide groups is 1. The lowest BCUT2D eigenvalue weighted by atomic mass is 10.1. The van der Waals surface area contributed by atoms with Crippen molar-refractivity contribution < 1.29 is 9.59 Å². The number of nitrogens with zero attached hydrogens (tertiary/aromatic N) is 2. The number of amides is 3. The number of carbonyl (C=O) groups excluding carboxylic acids is 2. The Kier molecular flexibility index (Phi) is 5.80. The van der Waals surface area contributed by atoms with Crippen molar-refractivity contribution in [3.8, 4) is 0 Å². The number of rotatable bonds is 4. The van der Waals surface area contributed by atoms with Crippen LogP contribution in [0.2, 0.25) is 0 Å². The van der Waals surface area contributed by atoms with Gasteiger partial charge in [-0.25, -0.2) is 4.79 Å². The van der Waals surface area contributed by atoms with Crippen LogP contribution in [0.25, 0.3) is 0 Å². The van der Waals surface area contributed by atoms with E-state index in [2.05, 4.69) is 34.5 Å². The first-order valence-corrected chi connectivity index (χ1v) is 8.64. The van der Waals surface area contributed by atoms with Crippen molar-refractivity contribution >= 4 is 11.9 Å². The maximum atomic E-state index is 12.2. The molecule has 1 aliphatic rings. The SMILES string of the molecule is O=C(NC(=O)N1CCN(CCc2ccccc2)CC1)c1ccccc1. The summed E-state index contributed by atoms with van der Waals surface area (Å²) < 4.78 is 0. The van der Waals surface area contributed by atoms with Crippen molar-refractivity contribution in [1.82, 2.24) is 15.1 Å². The Balaban J connectivity index is 1.42. The first kappa shape index (κ1) is 17.2. The van der Waals surface area contributed by atoms with Gasteiger partial charge in [0.15, 0.2) is 0 Å². The second kappa shape index (κ2) is 8.44. The monoisotopic (exact) mass is 337 g/mol. The van der Waals surface area contributed by atoms with Crippen LogP contribution in [0.5, 0.6) is 0 Å². The van der Waals surface area contributed by atoms with E-state index in [1.807, 2.05) is 12.1 Å². The molecule has 2 aromatic rings. The number of hydrogen-bond acceptors (Lipinski definition) is 3. The zero-order valence-electron chi connectivity index (χ0n) is 14.2. The Morgan fingerprint density at radius 3 is 2.08 bits per heavy atom. The van der Waals surface area contributed by atoms with Crippen molar-refractivity contribution in [2.45, 2.75) is 6.42 Å². The van der Waals surface area contributed by atoms with Crippen LogP contribution < -0.4 is 5.32 Å². The fraction of sp³-hybridized carbons (Fsp3) is 0.300. The Morgan fingerprint density at radius 2 is 1.44 bits per heavy atom. The molecule has 0 bridgehead atoms. The van der Waals surface area contributed by atoms with E-state index >= 15 is 0 Å². The Labute approximate surface area is 148 Å². The summed E-state index contributed by atoms with van der Waals surface area (Å²) in [5, 5.41) is 2.47. The highest BCUT2D eigenvalue weighted by Crippen LogP contribution is 2.06. The quantitative estimate of drug-likeness (QED) is 0.932. The third-order valence-corrected chi connectivity index (χ3v) is 4.48. The minimum atomic E-state index is -0.350. The van der Waals surface area contributed by atoms with Gasteiger partial charge in [0.05, 0.1) is 0 Å². The summed E-state index contributed by atoms with van der Waals surface area (Å²) in [7, 11) is 0. The molecule has 5 nitrogen and oxygen atoms in total. The van der Waals surface area contributed by atoms with Crippen LogP contribution in [-0.2, 0) is 6.42 Å². The van der Waals surface area contributed by atoms with Crippen LogP contribution >= 0.6 is 0 Å². The molecule has 0 unspecified atom stereocenters. The molecule has 1 N–H and O–H groups in total. The number of piperazine rings is 1. The average molecular weight is 337 g/mol. The fourth-order valence-corrected chi connectivity index (χ4v) is 2.94. The smallest absolute Gasteiger partial charge is 0.322 e. The van der Waals surface area contributed by atoms with Crippen molar-refractivity contribution in [2.75, 3.05) is 32.7 Å². The predicted molar refractivity (Wildman–Crippen MR) is 97.5 cm³/mol. The lowest BCUT2D eigenvalue weighted by molar-refractivity contribution is 0.0935. The molecule has 0 radical (unpaired) electrons. The van der Waals surface area contributed by atoms with E-state index in [0.29, 0.717) is 18.7 Å². The summed E-state index contributed by atoms with van der Waals surface area (Å²) >= 11 is 0. The molecule has 0 aromatic heterocycles. The van der Waals surface area contributed by atoms with E-state index in [1.165, 1.54) is 5.56 Å². The summed E-state index contributed by atoms with van der Waals surface area (Å²) in [4.78, 5) is 28.4. The lowest BCUT2D eigenvalue weighted by Gasteiger charge is -2.34. The Morgan fingerprint density at radius 1 is 0.840 bits per heavy atom. The molecule has 0 atom stereocenters. The molecular formula is C20H23N3O2. The molecule has 0 saturated carbocycles. The maximum Gasteiger partial charge on any atom is 0.324 e. The summed E-state index contributed by atoms with van der Waals surface area (Å²) in [6.07, 6.45) is 1.01. The van der Waals surface area contributed by atoms with Gasteiger partial charge in [-0.05, 0) is 24.1 Å². The van der Waals surface area contributed by atoms with Crippen molar-refractivity contribution in [3.63, 3.8) is 0 Å².